The molecule has 0 atom stereocenters. The highest BCUT2D eigenvalue weighted by molar-refractivity contribution is 7.53. The molecule has 0 spiro atoms. The Morgan fingerprint density at radius 2 is 1.13 bits per heavy atom. The highest BCUT2D eigenvalue weighted by atomic mass is 32.1. The van der Waals surface area contributed by atoms with Crippen LogP contribution in [0.3, 0.4) is 0 Å². The third-order valence-electron chi connectivity index (χ3n) is 11.0. The van der Waals surface area contributed by atoms with Crippen LogP contribution in [0, 0.1) is 0 Å². The lowest BCUT2D eigenvalue weighted by atomic mass is 9.89. The van der Waals surface area contributed by atoms with E-state index >= 15 is 0 Å². The molecule has 0 saturated heterocycles. The number of anilines is 2. The molecule has 0 radical (unpaired) electrons. The molecule has 8 aromatic rings. The van der Waals surface area contributed by atoms with Gasteiger partial charge >= 0.3 is 7.60 Å². The molecule has 2 fully saturated rings. The number of thiazole rings is 2. The molecule has 0 aromatic carbocycles. The van der Waals surface area contributed by atoms with Gasteiger partial charge < -0.3 is 29.4 Å². The lowest BCUT2D eigenvalue weighted by molar-refractivity contribution is -0.0228. The summed E-state index contributed by atoms with van der Waals surface area (Å²) >= 11 is 2.46. The first-order chi connectivity index (χ1) is 32.6. The Balaban J connectivity index is 0.759. The smallest absolute Gasteiger partial charge is 0.378 e. The predicted octanol–water partition coefficient (Wildman–Crippen LogP) is 7.21. The van der Waals surface area contributed by atoms with Crippen LogP contribution in [-0.2, 0) is 14.0 Å². The topological polar surface area (TPSA) is 235 Å². The second-order valence-corrected chi connectivity index (χ2v) is 19.3. The number of rotatable bonds is 18. The molecule has 67 heavy (non-hydrogen) atoms. The molecule has 21 nitrogen and oxygen atoms in total. The average Bonchev–Trinajstić information content (AvgIpc) is 4.16. The van der Waals surface area contributed by atoms with Gasteiger partial charge in [-0.05, 0) is 63.8 Å². The van der Waals surface area contributed by atoms with E-state index in [0.29, 0.717) is 68.5 Å². The SMILES string of the molecule is CCO[C@H]1C[C@@H](n2cc(NC(=O)c3csc(-c4cnn(OP(C)(=O)On5cc(-c6nc(C(=O)Nc7cn([C@H]8C[C@@H](OCC)C8)nc7-c7ccccn7)cs6)cn5)c4)n3)c(-c3ccccn3)n2)C1. The summed E-state index contributed by atoms with van der Waals surface area (Å²) < 4.78 is 40.0. The number of nitrogens with one attached hydrogen (secondary N) is 2. The van der Waals surface area contributed by atoms with Crippen molar-refractivity contribution < 1.29 is 32.9 Å². The first-order valence-electron chi connectivity index (χ1n) is 21.4. The van der Waals surface area contributed by atoms with Crippen LogP contribution in [0.5, 0.6) is 0 Å². The first-order valence-corrected chi connectivity index (χ1v) is 25.2. The van der Waals surface area contributed by atoms with Crippen molar-refractivity contribution in [2.45, 2.75) is 63.8 Å². The van der Waals surface area contributed by atoms with E-state index in [2.05, 4.69) is 40.8 Å². The van der Waals surface area contributed by atoms with Gasteiger partial charge in [-0.2, -0.15) is 10.2 Å². The van der Waals surface area contributed by atoms with Gasteiger partial charge in [0, 0.05) is 48.8 Å². The summed E-state index contributed by atoms with van der Waals surface area (Å²) in [6, 6.07) is 11.4. The van der Waals surface area contributed by atoms with Gasteiger partial charge in [-0.25, -0.2) is 14.5 Å². The van der Waals surface area contributed by atoms with Crippen LogP contribution in [0.25, 0.3) is 43.9 Å². The van der Waals surface area contributed by atoms with Crippen LogP contribution in [0.4, 0.5) is 11.4 Å². The fraction of sp³-hybridized carbons (Fsp3) is 0.302. The highest BCUT2D eigenvalue weighted by Crippen LogP contribution is 2.40. The average molecular weight is 963 g/mol. The molecule has 2 aliphatic carbocycles. The van der Waals surface area contributed by atoms with Crippen molar-refractivity contribution in [2.75, 3.05) is 30.5 Å². The molecule has 8 aromatic heterocycles. The van der Waals surface area contributed by atoms with Gasteiger partial charge in [0.2, 0.25) is 0 Å². The zero-order valence-corrected chi connectivity index (χ0v) is 38.8. The van der Waals surface area contributed by atoms with E-state index < -0.39 is 19.4 Å². The molecule has 0 bridgehead atoms. The molecular formula is C43H43N14O7PS2. The molecule has 2 N–H and O–H groups in total. The fourth-order valence-corrected chi connectivity index (χ4v) is 9.98. The number of pyridine rings is 2. The third kappa shape index (κ3) is 9.67. The van der Waals surface area contributed by atoms with Crippen molar-refractivity contribution in [2.24, 2.45) is 0 Å². The number of carbonyl (C=O) groups is 2. The van der Waals surface area contributed by atoms with E-state index in [-0.39, 0.29) is 35.7 Å². The molecule has 10 rings (SSSR count). The van der Waals surface area contributed by atoms with Crippen LogP contribution in [0.2, 0.25) is 0 Å². The van der Waals surface area contributed by atoms with Crippen LogP contribution in [0.15, 0.2) is 96.7 Å². The van der Waals surface area contributed by atoms with Crippen LogP contribution >= 0.6 is 30.3 Å². The van der Waals surface area contributed by atoms with E-state index in [9.17, 15) is 14.2 Å². The fourth-order valence-electron chi connectivity index (χ4n) is 7.61. The molecular weight excluding hydrogens is 920 g/mol. The number of amides is 2. The summed E-state index contributed by atoms with van der Waals surface area (Å²) in [6.07, 6.45) is 16.6. The Labute approximate surface area is 390 Å². The molecule has 8 heterocycles. The second kappa shape index (κ2) is 18.8. The third-order valence-corrected chi connectivity index (χ3v) is 13.7. The summed E-state index contributed by atoms with van der Waals surface area (Å²) in [7, 11) is -3.87. The molecule has 2 saturated carbocycles. The Morgan fingerprint density at radius 3 is 1.54 bits per heavy atom. The summed E-state index contributed by atoms with van der Waals surface area (Å²) in [4.78, 5) is 47.1. The summed E-state index contributed by atoms with van der Waals surface area (Å²) in [5, 5.41) is 28.1. The van der Waals surface area contributed by atoms with Gasteiger partial charge in [0.25, 0.3) is 11.8 Å². The Kier molecular flexibility index (Phi) is 12.3. The molecule has 0 aliphatic heterocycles. The molecule has 344 valence electrons. The zero-order valence-electron chi connectivity index (χ0n) is 36.3. The minimum Gasteiger partial charge on any atom is -0.378 e. The highest BCUT2D eigenvalue weighted by Gasteiger charge is 2.34. The number of ether oxygens (including phenoxy) is 2. The van der Waals surface area contributed by atoms with E-state index in [1.54, 1.807) is 23.2 Å². The number of aromatic nitrogens is 12. The van der Waals surface area contributed by atoms with Crippen molar-refractivity contribution in [3.8, 4) is 43.9 Å². The maximum absolute atomic E-state index is 13.5. The molecule has 0 unspecified atom stereocenters. The zero-order chi connectivity index (χ0) is 46.1. The number of nitrogens with zero attached hydrogens (tertiary/aromatic N) is 12. The quantitative estimate of drug-likeness (QED) is 0.0809. The minimum absolute atomic E-state index is 0.151. The molecule has 24 heteroatoms. The number of carbonyl (C=O) groups excluding carboxylic acids is 2. The Morgan fingerprint density at radius 1 is 0.687 bits per heavy atom. The second-order valence-electron chi connectivity index (χ2n) is 15.8. The standard InChI is InChI=1S/C43H43N14O7PS2/c1-4-61-30-14-28(15-30)54-22-34(38(52-54)32-10-6-8-12-44-32)48-40(58)36-24-66-42(50-36)26-18-46-56(20-26)63-65(3,60)64-57-21-27(19-47-57)43-51-37(25-67-43)41(59)49-35-23-55(29-16-31(17-29)62-5-2)53-39(35)33-11-7-9-13-45-33/h6-13,18-25,28-31H,4-5,14-17H2,1-3H3,(H,48,58)(H,49,59)/t28-,29-,30+,31+. The minimum atomic E-state index is -3.87. The van der Waals surface area contributed by atoms with Gasteiger partial charge in [0.1, 0.15) is 32.8 Å². The van der Waals surface area contributed by atoms with Gasteiger partial charge in [0.15, 0.2) is 0 Å². The van der Waals surface area contributed by atoms with Gasteiger partial charge in [-0.15, -0.1) is 32.9 Å². The Bertz CT molecular complexity index is 2860. The lowest BCUT2D eigenvalue weighted by Crippen LogP contribution is -2.33. The van der Waals surface area contributed by atoms with Crippen molar-refractivity contribution in [3.63, 3.8) is 0 Å². The van der Waals surface area contributed by atoms with Crippen LogP contribution in [-0.4, -0.2) is 103 Å². The van der Waals surface area contributed by atoms with Gasteiger partial charge in [-0.3, -0.25) is 28.9 Å². The summed E-state index contributed by atoms with van der Waals surface area (Å²) in [5.41, 5.74) is 4.78. The van der Waals surface area contributed by atoms with Crippen LogP contribution < -0.4 is 19.9 Å². The normalized spacial score (nSPS) is 18.7. The lowest BCUT2D eigenvalue weighted by Gasteiger charge is -2.34. The van der Waals surface area contributed by atoms with Crippen molar-refractivity contribution in [1.29, 1.82) is 0 Å². The van der Waals surface area contributed by atoms with Crippen molar-refractivity contribution in [3.05, 3.63) is 108 Å². The molecule has 2 amide bonds. The van der Waals surface area contributed by atoms with Crippen LogP contribution in [0.1, 0.15) is 72.6 Å². The monoisotopic (exact) mass is 962 g/mol. The summed E-state index contributed by atoms with van der Waals surface area (Å²) in [6.45, 7) is 6.54. The van der Waals surface area contributed by atoms with Crippen molar-refractivity contribution >= 4 is 53.5 Å². The first kappa shape index (κ1) is 44.0. The van der Waals surface area contributed by atoms with E-state index in [4.69, 9.17) is 28.9 Å². The van der Waals surface area contributed by atoms with Gasteiger partial charge in [-0.1, -0.05) is 21.8 Å². The largest absolute Gasteiger partial charge is 0.467 e. The van der Waals surface area contributed by atoms with E-state index in [0.717, 1.165) is 35.4 Å². The Hall–Kier alpha value is -6.91. The van der Waals surface area contributed by atoms with Gasteiger partial charge in [0.05, 0.1) is 89.6 Å². The maximum Gasteiger partial charge on any atom is 0.467 e. The van der Waals surface area contributed by atoms with E-state index in [1.807, 2.05) is 72.0 Å². The number of hydrogen-bond acceptors (Lipinski definition) is 17. The summed E-state index contributed by atoms with van der Waals surface area (Å²) in [5.74, 6) is -0.851. The molecule has 2 aliphatic rings. The van der Waals surface area contributed by atoms with E-state index in [1.165, 1.54) is 54.1 Å². The maximum atomic E-state index is 13.5. The van der Waals surface area contributed by atoms with Crippen molar-refractivity contribution in [1.82, 2.24) is 59.4 Å². The predicted molar refractivity (Wildman–Crippen MR) is 248 cm³/mol. The number of hydrogen-bond donors (Lipinski definition) is 2.